The van der Waals surface area contributed by atoms with Crippen molar-refractivity contribution in [2.75, 3.05) is 14.2 Å². The van der Waals surface area contributed by atoms with E-state index in [9.17, 15) is 9.59 Å². The van der Waals surface area contributed by atoms with Crippen LogP contribution in [0.3, 0.4) is 0 Å². The van der Waals surface area contributed by atoms with Crippen LogP contribution in [0.2, 0.25) is 0 Å². The van der Waals surface area contributed by atoms with Crippen molar-refractivity contribution in [3.05, 3.63) is 68.4 Å². The molecule has 0 unspecified atom stereocenters. The zero-order chi connectivity index (χ0) is 21.3. The van der Waals surface area contributed by atoms with Crippen molar-refractivity contribution in [3.63, 3.8) is 0 Å². The van der Waals surface area contributed by atoms with Crippen molar-refractivity contribution in [1.82, 2.24) is 9.13 Å². The maximum Gasteiger partial charge on any atom is 0.332 e. The summed E-state index contributed by atoms with van der Waals surface area (Å²) in [6.07, 6.45) is 4.95. The Morgan fingerprint density at radius 2 is 1.63 bits per heavy atom. The largest absolute Gasteiger partial charge is 0.493 e. The van der Waals surface area contributed by atoms with E-state index in [2.05, 4.69) is 0 Å². The second kappa shape index (κ2) is 8.38. The average Bonchev–Trinajstić information content (AvgIpc) is 2.77. The summed E-state index contributed by atoms with van der Waals surface area (Å²) in [7, 11) is 3.10. The first kappa shape index (κ1) is 20.3. The number of benzene rings is 2. The Balaban J connectivity index is 2.02. The minimum Gasteiger partial charge on any atom is -0.493 e. The monoisotopic (exact) mass is 408 g/mol. The van der Waals surface area contributed by atoms with Gasteiger partial charge in [0.25, 0.3) is 5.56 Å². The highest BCUT2D eigenvalue weighted by Crippen LogP contribution is 2.32. The Hall–Kier alpha value is -3.02. The van der Waals surface area contributed by atoms with Gasteiger partial charge in [-0.05, 0) is 37.0 Å². The Labute approximate surface area is 175 Å². The molecule has 0 aliphatic heterocycles. The van der Waals surface area contributed by atoms with Gasteiger partial charge < -0.3 is 9.47 Å². The summed E-state index contributed by atoms with van der Waals surface area (Å²) in [6, 6.07) is 11.4. The number of rotatable bonds is 5. The van der Waals surface area contributed by atoms with Gasteiger partial charge in [0.1, 0.15) is 0 Å². The molecule has 1 aliphatic rings. The van der Waals surface area contributed by atoms with E-state index >= 15 is 0 Å². The van der Waals surface area contributed by atoms with Gasteiger partial charge >= 0.3 is 5.69 Å². The molecule has 4 rings (SSSR count). The molecule has 1 aliphatic carbocycles. The van der Waals surface area contributed by atoms with E-state index in [1.54, 1.807) is 30.9 Å². The maximum atomic E-state index is 13.6. The molecule has 6 nitrogen and oxygen atoms in total. The van der Waals surface area contributed by atoms with Gasteiger partial charge in [0.15, 0.2) is 11.5 Å². The zero-order valence-electron chi connectivity index (χ0n) is 17.8. The standard InChI is InChI=1S/C24H28N2O4/c1-16-9-7-8-10-17(16)15-25-20-14-22(30-3)21(29-2)13-19(20)23(27)26(24(25)28)18-11-5-4-6-12-18/h7-10,13-14,18H,4-6,11-12,15H2,1-3H3. The molecular weight excluding hydrogens is 380 g/mol. The maximum absolute atomic E-state index is 13.6. The molecule has 30 heavy (non-hydrogen) atoms. The SMILES string of the molecule is COc1cc2c(=O)n(C3CCCCC3)c(=O)n(Cc3ccccc3C)c2cc1OC. The summed E-state index contributed by atoms with van der Waals surface area (Å²) in [6.45, 7) is 2.42. The molecule has 1 aromatic heterocycles. The first-order valence-corrected chi connectivity index (χ1v) is 10.5. The van der Waals surface area contributed by atoms with Crippen LogP contribution >= 0.6 is 0 Å². The highest BCUT2D eigenvalue weighted by atomic mass is 16.5. The summed E-state index contributed by atoms with van der Waals surface area (Å²) < 4.78 is 14.1. The third kappa shape index (κ3) is 3.51. The van der Waals surface area contributed by atoms with Crippen LogP contribution < -0.4 is 20.7 Å². The van der Waals surface area contributed by atoms with Crippen molar-refractivity contribution in [3.8, 4) is 11.5 Å². The van der Waals surface area contributed by atoms with E-state index < -0.39 is 0 Å². The van der Waals surface area contributed by atoms with E-state index in [0.717, 1.165) is 43.2 Å². The number of aromatic nitrogens is 2. The Bertz CT molecular complexity index is 1190. The van der Waals surface area contributed by atoms with Gasteiger partial charge in [0, 0.05) is 12.1 Å². The Kier molecular flexibility index (Phi) is 5.66. The molecule has 1 heterocycles. The molecule has 158 valence electrons. The number of aryl methyl sites for hydroxylation is 1. The van der Waals surface area contributed by atoms with Gasteiger partial charge in [-0.1, -0.05) is 43.5 Å². The fourth-order valence-corrected chi connectivity index (χ4v) is 4.48. The molecule has 0 atom stereocenters. The van der Waals surface area contributed by atoms with E-state index in [1.165, 1.54) is 4.57 Å². The van der Waals surface area contributed by atoms with E-state index in [-0.39, 0.29) is 17.3 Å². The van der Waals surface area contributed by atoms with Gasteiger partial charge in [-0.2, -0.15) is 0 Å². The van der Waals surface area contributed by atoms with Gasteiger partial charge in [-0.15, -0.1) is 0 Å². The molecule has 1 saturated carbocycles. The van der Waals surface area contributed by atoms with E-state index in [4.69, 9.17) is 9.47 Å². The van der Waals surface area contributed by atoms with Crippen LogP contribution in [0.4, 0.5) is 0 Å². The van der Waals surface area contributed by atoms with Crippen molar-refractivity contribution >= 4 is 10.9 Å². The van der Waals surface area contributed by atoms with Crippen molar-refractivity contribution < 1.29 is 9.47 Å². The van der Waals surface area contributed by atoms with Gasteiger partial charge in [-0.3, -0.25) is 13.9 Å². The van der Waals surface area contributed by atoms with E-state index in [0.29, 0.717) is 28.9 Å². The minimum absolute atomic E-state index is 0.0561. The second-order valence-electron chi connectivity index (χ2n) is 7.99. The lowest BCUT2D eigenvalue weighted by molar-refractivity contribution is 0.332. The smallest absolute Gasteiger partial charge is 0.332 e. The predicted octanol–water partition coefficient (Wildman–Crippen LogP) is 4.04. The molecule has 0 radical (unpaired) electrons. The van der Waals surface area contributed by atoms with Gasteiger partial charge in [-0.25, -0.2) is 4.79 Å². The van der Waals surface area contributed by atoms with Crippen LogP contribution in [0.15, 0.2) is 46.0 Å². The van der Waals surface area contributed by atoms with Gasteiger partial charge in [0.05, 0.1) is 31.7 Å². The highest BCUT2D eigenvalue weighted by molar-refractivity contribution is 5.82. The lowest BCUT2D eigenvalue weighted by Gasteiger charge is -2.25. The minimum atomic E-state index is -0.255. The molecule has 0 saturated heterocycles. The normalized spacial score (nSPS) is 14.8. The Morgan fingerprint density at radius 1 is 0.967 bits per heavy atom. The van der Waals surface area contributed by atoms with Crippen LogP contribution in [-0.2, 0) is 6.54 Å². The van der Waals surface area contributed by atoms with Crippen molar-refractivity contribution in [1.29, 1.82) is 0 Å². The van der Waals surface area contributed by atoms with Gasteiger partial charge in [0.2, 0.25) is 0 Å². The second-order valence-corrected chi connectivity index (χ2v) is 7.99. The summed E-state index contributed by atoms with van der Waals surface area (Å²) in [4.78, 5) is 27.1. The molecule has 2 aromatic carbocycles. The molecule has 0 amide bonds. The molecular formula is C24H28N2O4. The third-order valence-corrected chi connectivity index (χ3v) is 6.21. The molecule has 1 fully saturated rings. The first-order chi connectivity index (χ1) is 14.5. The number of ether oxygens (including phenoxy) is 2. The molecule has 3 aromatic rings. The summed E-state index contributed by atoms with van der Waals surface area (Å²) >= 11 is 0. The van der Waals surface area contributed by atoms with Crippen molar-refractivity contribution in [2.24, 2.45) is 0 Å². The quantitative estimate of drug-likeness (QED) is 0.639. The average molecular weight is 408 g/mol. The lowest BCUT2D eigenvalue weighted by atomic mass is 9.95. The fourth-order valence-electron chi connectivity index (χ4n) is 4.48. The molecule has 0 N–H and O–H groups in total. The van der Waals surface area contributed by atoms with E-state index in [1.807, 2.05) is 31.2 Å². The van der Waals surface area contributed by atoms with Crippen molar-refractivity contribution in [2.45, 2.75) is 51.6 Å². The number of hydrogen-bond acceptors (Lipinski definition) is 4. The summed E-state index contributed by atoms with van der Waals surface area (Å²) in [5, 5.41) is 0.478. The summed E-state index contributed by atoms with van der Waals surface area (Å²) in [5.41, 5.74) is 2.22. The Morgan fingerprint density at radius 3 is 2.30 bits per heavy atom. The predicted molar refractivity (Wildman–Crippen MR) is 118 cm³/mol. The summed E-state index contributed by atoms with van der Waals surface area (Å²) in [5.74, 6) is 0.983. The topological polar surface area (TPSA) is 62.5 Å². The lowest BCUT2D eigenvalue weighted by Crippen LogP contribution is -2.43. The van der Waals surface area contributed by atoms with Crippen LogP contribution in [0, 0.1) is 6.92 Å². The highest BCUT2D eigenvalue weighted by Gasteiger charge is 2.23. The van der Waals surface area contributed by atoms with Crippen LogP contribution in [0.5, 0.6) is 11.5 Å². The third-order valence-electron chi connectivity index (χ3n) is 6.21. The number of methoxy groups -OCH3 is 2. The first-order valence-electron chi connectivity index (χ1n) is 10.5. The van der Waals surface area contributed by atoms with Crippen LogP contribution in [0.1, 0.15) is 49.3 Å². The zero-order valence-corrected chi connectivity index (χ0v) is 17.8. The number of fused-ring (bicyclic) bond motifs is 1. The number of hydrogen-bond donors (Lipinski definition) is 0. The molecule has 0 bridgehead atoms. The number of nitrogens with zero attached hydrogens (tertiary/aromatic N) is 2. The fraction of sp³-hybridized carbons (Fsp3) is 0.417. The van der Waals surface area contributed by atoms with Crippen LogP contribution in [-0.4, -0.2) is 23.4 Å². The molecule has 0 spiro atoms. The van der Waals surface area contributed by atoms with Crippen LogP contribution in [0.25, 0.3) is 10.9 Å². The molecule has 6 heteroatoms.